The quantitative estimate of drug-likeness (QED) is 0.818. The van der Waals surface area contributed by atoms with E-state index in [-0.39, 0.29) is 17.0 Å². The zero-order valence-electron chi connectivity index (χ0n) is 16.0. The van der Waals surface area contributed by atoms with Crippen LogP contribution in [0.4, 0.5) is 5.69 Å². The van der Waals surface area contributed by atoms with E-state index in [2.05, 4.69) is 5.32 Å². The van der Waals surface area contributed by atoms with E-state index in [1.54, 1.807) is 38.1 Å². The van der Waals surface area contributed by atoms with Gasteiger partial charge in [-0.3, -0.25) is 9.59 Å². The monoisotopic (exact) mass is 369 g/mol. The first kappa shape index (κ1) is 18.9. The van der Waals surface area contributed by atoms with Gasteiger partial charge in [0.05, 0.1) is 17.7 Å². The molecule has 0 saturated carbocycles. The second-order valence-corrected chi connectivity index (χ2v) is 7.55. The van der Waals surface area contributed by atoms with Crippen molar-refractivity contribution in [3.8, 4) is 0 Å². The number of esters is 1. The fourth-order valence-electron chi connectivity index (χ4n) is 3.39. The van der Waals surface area contributed by atoms with Crippen LogP contribution in [0.1, 0.15) is 69.8 Å². The molecule has 0 fully saturated rings. The summed E-state index contributed by atoms with van der Waals surface area (Å²) in [6.07, 6.45) is 1.06. The minimum Gasteiger partial charge on any atom is -0.462 e. The summed E-state index contributed by atoms with van der Waals surface area (Å²) < 4.78 is 10.7. The lowest BCUT2D eigenvalue weighted by molar-refractivity contribution is 0.0526. The van der Waals surface area contributed by atoms with E-state index in [9.17, 15) is 14.4 Å². The van der Waals surface area contributed by atoms with Crippen LogP contribution in [0.15, 0.2) is 28.7 Å². The fourth-order valence-corrected chi connectivity index (χ4v) is 3.39. The average Bonchev–Trinajstić information content (AvgIpc) is 2.91. The van der Waals surface area contributed by atoms with E-state index in [1.165, 1.54) is 0 Å². The molecule has 0 saturated heterocycles. The number of nitrogens with one attached hydrogen (secondary N) is 1. The lowest BCUT2D eigenvalue weighted by Crippen LogP contribution is -2.26. The van der Waals surface area contributed by atoms with Gasteiger partial charge in [-0.2, -0.15) is 0 Å². The highest BCUT2D eigenvalue weighted by Crippen LogP contribution is 2.38. The Kier molecular flexibility index (Phi) is 4.91. The van der Waals surface area contributed by atoms with Crippen LogP contribution in [-0.2, 0) is 11.2 Å². The van der Waals surface area contributed by atoms with E-state index in [0.29, 0.717) is 47.6 Å². The van der Waals surface area contributed by atoms with Crippen LogP contribution in [0.3, 0.4) is 0 Å². The molecule has 1 aliphatic rings. The highest BCUT2D eigenvalue weighted by atomic mass is 16.5. The number of carbonyl (C=O) groups is 3. The molecule has 6 nitrogen and oxygen atoms in total. The number of fused-ring (bicyclic) bond motifs is 1. The summed E-state index contributed by atoms with van der Waals surface area (Å²) >= 11 is 0. The molecule has 1 aliphatic carbocycles. The Hall–Kier alpha value is -2.89. The van der Waals surface area contributed by atoms with Crippen LogP contribution in [0, 0.1) is 12.3 Å². The van der Waals surface area contributed by atoms with Crippen molar-refractivity contribution < 1.29 is 23.5 Å². The molecule has 1 heterocycles. The van der Waals surface area contributed by atoms with Crippen molar-refractivity contribution in [3.05, 3.63) is 52.5 Å². The molecule has 142 valence electrons. The summed E-state index contributed by atoms with van der Waals surface area (Å²) in [6, 6.07) is 6.41. The van der Waals surface area contributed by atoms with Crippen molar-refractivity contribution in [1.29, 1.82) is 0 Å². The van der Waals surface area contributed by atoms with Crippen LogP contribution in [-0.4, -0.2) is 24.3 Å². The molecule has 1 aromatic carbocycles. The fraction of sp³-hybridized carbons (Fsp3) is 0.381. The average molecular weight is 369 g/mol. The zero-order valence-corrected chi connectivity index (χ0v) is 16.0. The maximum absolute atomic E-state index is 12.6. The van der Waals surface area contributed by atoms with Gasteiger partial charge in [0.2, 0.25) is 0 Å². The Labute approximate surface area is 157 Å². The Bertz CT molecular complexity index is 905. The van der Waals surface area contributed by atoms with Gasteiger partial charge in [0.1, 0.15) is 5.76 Å². The van der Waals surface area contributed by atoms with Crippen LogP contribution < -0.4 is 5.32 Å². The van der Waals surface area contributed by atoms with Gasteiger partial charge >= 0.3 is 5.97 Å². The number of ether oxygens (including phenoxy) is 1. The van der Waals surface area contributed by atoms with Gasteiger partial charge in [-0.25, -0.2) is 4.79 Å². The zero-order chi connectivity index (χ0) is 19.8. The van der Waals surface area contributed by atoms with Gasteiger partial charge in [0.15, 0.2) is 11.5 Å². The van der Waals surface area contributed by atoms with Gasteiger partial charge in [-0.15, -0.1) is 0 Å². The maximum Gasteiger partial charge on any atom is 0.338 e. The highest BCUT2D eigenvalue weighted by molar-refractivity contribution is 6.07. The first-order chi connectivity index (χ1) is 12.7. The molecule has 0 atom stereocenters. The minimum atomic E-state index is -0.420. The summed E-state index contributed by atoms with van der Waals surface area (Å²) in [5.74, 6) is -0.0835. The molecule has 2 aromatic rings. The Morgan fingerprint density at radius 1 is 1.19 bits per heavy atom. The van der Waals surface area contributed by atoms with Crippen LogP contribution in [0.2, 0.25) is 0 Å². The van der Waals surface area contributed by atoms with Crippen LogP contribution >= 0.6 is 0 Å². The molecule has 27 heavy (non-hydrogen) atoms. The van der Waals surface area contributed by atoms with E-state index in [4.69, 9.17) is 9.15 Å². The second-order valence-electron chi connectivity index (χ2n) is 7.55. The molecule has 0 aliphatic heterocycles. The Morgan fingerprint density at radius 2 is 1.85 bits per heavy atom. The maximum atomic E-state index is 12.6. The predicted molar refractivity (Wildman–Crippen MR) is 100 cm³/mol. The van der Waals surface area contributed by atoms with E-state index in [0.717, 1.165) is 0 Å². The van der Waals surface area contributed by atoms with Gasteiger partial charge in [-0.1, -0.05) is 13.8 Å². The molecule has 0 unspecified atom stereocenters. The Balaban J connectivity index is 1.80. The molecular formula is C21H23NO5. The third-order valence-electron chi connectivity index (χ3n) is 4.64. The van der Waals surface area contributed by atoms with Crippen molar-refractivity contribution in [2.75, 3.05) is 11.9 Å². The van der Waals surface area contributed by atoms with E-state index >= 15 is 0 Å². The summed E-state index contributed by atoms with van der Waals surface area (Å²) in [7, 11) is 0. The van der Waals surface area contributed by atoms with E-state index in [1.807, 2.05) is 13.8 Å². The smallest absolute Gasteiger partial charge is 0.338 e. The molecule has 1 aromatic heterocycles. The van der Waals surface area contributed by atoms with Crippen LogP contribution in [0.5, 0.6) is 0 Å². The molecule has 0 radical (unpaired) electrons. The highest BCUT2D eigenvalue weighted by Gasteiger charge is 2.37. The first-order valence-electron chi connectivity index (χ1n) is 8.96. The first-order valence-corrected chi connectivity index (χ1v) is 8.96. The standard InChI is InChI=1S/C21H23NO5/c1-5-26-20(25)13-6-8-14(9-7-13)22-19(24)18-12(2)17-15(23)10-21(3,4)11-16(17)27-18/h6-9H,5,10-11H2,1-4H3,(H,22,24). The third-order valence-corrected chi connectivity index (χ3v) is 4.64. The van der Waals surface area contributed by atoms with Gasteiger partial charge in [0, 0.05) is 24.1 Å². The number of Topliss-reactive ketones (excluding diaryl/α,β-unsaturated/α-hetero) is 1. The summed E-state index contributed by atoms with van der Waals surface area (Å²) in [5.41, 5.74) is 1.87. The SMILES string of the molecule is CCOC(=O)c1ccc(NC(=O)c2oc3c(c2C)C(=O)CC(C)(C)C3)cc1. The van der Waals surface area contributed by atoms with Gasteiger partial charge < -0.3 is 14.5 Å². The van der Waals surface area contributed by atoms with Crippen molar-refractivity contribution in [2.24, 2.45) is 5.41 Å². The summed E-state index contributed by atoms with van der Waals surface area (Å²) in [4.78, 5) is 36.8. The summed E-state index contributed by atoms with van der Waals surface area (Å²) in [6.45, 7) is 7.79. The molecule has 3 rings (SSSR count). The molecule has 0 spiro atoms. The number of carbonyl (C=O) groups excluding carboxylic acids is 3. The number of amides is 1. The van der Waals surface area contributed by atoms with Gasteiger partial charge in [0.25, 0.3) is 5.91 Å². The topological polar surface area (TPSA) is 85.6 Å². The largest absolute Gasteiger partial charge is 0.462 e. The van der Waals surface area contributed by atoms with Crippen molar-refractivity contribution in [3.63, 3.8) is 0 Å². The number of rotatable bonds is 4. The number of hydrogen-bond acceptors (Lipinski definition) is 5. The lowest BCUT2D eigenvalue weighted by Gasteiger charge is -2.27. The Morgan fingerprint density at radius 3 is 2.48 bits per heavy atom. The summed E-state index contributed by atoms with van der Waals surface area (Å²) in [5, 5.41) is 2.75. The second kappa shape index (κ2) is 7.02. The van der Waals surface area contributed by atoms with Crippen LogP contribution in [0.25, 0.3) is 0 Å². The number of benzene rings is 1. The predicted octanol–water partition coefficient (Wildman–Crippen LogP) is 4.17. The molecule has 1 N–H and O–H groups in total. The number of furan rings is 1. The molecular weight excluding hydrogens is 346 g/mol. The molecule has 1 amide bonds. The molecule has 6 heteroatoms. The number of ketones is 1. The number of hydrogen-bond donors (Lipinski definition) is 1. The minimum absolute atomic E-state index is 0.0142. The lowest BCUT2D eigenvalue weighted by atomic mass is 9.76. The van der Waals surface area contributed by atoms with E-state index < -0.39 is 11.9 Å². The van der Waals surface area contributed by atoms with Gasteiger partial charge in [-0.05, 0) is 43.5 Å². The third kappa shape index (κ3) is 3.79. The number of anilines is 1. The van der Waals surface area contributed by atoms with Crippen molar-refractivity contribution >= 4 is 23.3 Å². The molecule has 0 bridgehead atoms. The normalized spacial score (nSPS) is 15.2. The van der Waals surface area contributed by atoms with Crippen molar-refractivity contribution in [1.82, 2.24) is 0 Å². The van der Waals surface area contributed by atoms with Crippen molar-refractivity contribution in [2.45, 2.75) is 40.5 Å².